The molecule has 0 saturated heterocycles. The Bertz CT molecular complexity index is 650. The van der Waals surface area contributed by atoms with Crippen LogP contribution < -0.4 is 5.73 Å². The molecule has 2 N–H and O–H groups in total. The van der Waals surface area contributed by atoms with E-state index in [-0.39, 0.29) is 17.2 Å². The van der Waals surface area contributed by atoms with E-state index in [0.29, 0.717) is 0 Å². The Balaban J connectivity index is 2.48. The smallest absolute Gasteiger partial charge is 0.416 e. The molecule has 106 valence electrons. The van der Waals surface area contributed by atoms with Crippen LogP contribution in [-0.4, -0.2) is 22.6 Å². The molecule has 0 amide bonds. The first-order valence-electron chi connectivity index (χ1n) is 5.43. The fourth-order valence-electron chi connectivity index (χ4n) is 1.65. The van der Waals surface area contributed by atoms with Gasteiger partial charge in [0.05, 0.1) is 12.7 Å². The number of carbonyl (C=O) groups excluding carboxylic acids is 1. The van der Waals surface area contributed by atoms with E-state index in [1.807, 2.05) is 0 Å². The Hall–Kier alpha value is -2.51. The maximum atomic E-state index is 12.6. The lowest BCUT2D eigenvalue weighted by Gasteiger charge is -2.10. The van der Waals surface area contributed by atoms with E-state index in [1.165, 1.54) is 16.7 Å². The van der Waals surface area contributed by atoms with E-state index in [1.54, 1.807) is 0 Å². The minimum atomic E-state index is -4.46. The molecule has 0 spiro atoms. The molecule has 0 radical (unpaired) electrons. The van der Waals surface area contributed by atoms with E-state index in [2.05, 4.69) is 9.72 Å². The number of benzene rings is 1. The number of carbonyl (C=O) groups is 1. The molecular weight excluding hydrogens is 275 g/mol. The molecule has 0 atom stereocenters. The minimum absolute atomic E-state index is 0.0869. The van der Waals surface area contributed by atoms with E-state index in [9.17, 15) is 18.0 Å². The number of anilines is 1. The van der Waals surface area contributed by atoms with Crippen LogP contribution in [0.15, 0.2) is 30.6 Å². The number of hydrogen-bond donors (Lipinski definition) is 1. The number of hydrogen-bond acceptors (Lipinski definition) is 4. The van der Waals surface area contributed by atoms with Gasteiger partial charge in [0.15, 0.2) is 5.69 Å². The van der Waals surface area contributed by atoms with Gasteiger partial charge >= 0.3 is 12.1 Å². The van der Waals surface area contributed by atoms with Gasteiger partial charge in [-0.1, -0.05) is 6.07 Å². The predicted molar refractivity (Wildman–Crippen MR) is 64.3 cm³/mol. The van der Waals surface area contributed by atoms with Crippen LogP contribution >= 0.6 is 0 Å². The number of imidazole rings is 1. The summed E-state index contributed by atoms with van der Waals surface area (Å²) in [4.78, 5) is 15.1. The maximum Gasteiger partial charge on any atom is 0.416 e. The Morgan fingerprint density at radius 1 is 1.40 bits per heavy atom. The number of halogens is 3. The van der Waals surface area contributed by atoms with Crippen molar-refractivity contribution < 1.29 is 22.7 Å². The van der Waals surface area contributed by atoms with Crippen LogP contribution in [0.3, 0.4) is 0 Å². The van der Waals surface area contributed by atoms with Crippen molar-refractivity contribution in [2.45, 2.75) is 6.18 Å². The molecule has 1 heterocycles. The third-order valence-corrected chi connectivity index (χ3v) is 2.63. The number of methoxy groups -OCH3 is 1. The Morgan fingerprint density at radius 2 is 2.10 bits per heavy atom. The fraction of sp³-hybridized carbons (Fsp3) is 0.167. The molecule has 20 heavy (non-hydrogen) atoms. The normalized spacial score (nSPS) is 11.4. The first-order chi connectivity index (χ1) is 9.34. The van der Waals surface area contributed by atoms with Gasteiger partial charge in [0, 0.05) is 5.69 Å². The monoisotopic (exact) mass is 285 g/mol. The number of rotatable bonds is 2. The zero-order valence-corrected chi connectivity index (χ0v) is 10.3. The third kappa shape index (κ3) is 2.44. The molecule has 2 aromatic rings. The summed E-state index contributed by atoms with van der Waals surface area (Å²) in [6, 6.07) is 4.53. The van der Waals surface area contributed by atoms with Crippen molar-refractivity contribution in [2.24, 2.45) is 0 Å². The van der Waals surface area contributed by atoms with Gasteiger partial charge in [-0.05, 0) is 18.2 Å². The number of alkyl halides is 3. The van der Waals surface area contributed by atoms with E-state index in [0.717, 1.165) is 25.6 Å². The molecule has 0 aliphatic heterocycles. The maximum absolute atomic E-state index is 12.6. The van der Waals surface area contributed by atoms with E-state index < -0.39 is 17.7 Å². The number of esters is 1. The summed E-state index contributed by atoms with van der Waals surface area (Å²) >= 11 is 0. The molecule has 0 aliphatic carbocycles. The van der Waals surface area contributed by atoms with Gasteiger partial charge in [-0.3, -0.25) is 4.57 Å². The fourth-order valence-corrected chi connectivity index (χ4v) is 1.65. The SMILES string of the molecule is COC(=O)c1ncn(-c2cccc(C(F)(F)F)c2)c1N. The number of nitrogens with zero attached hydrogens (tertiary/aromatic N) is 2. The standard InChI is InChI=1S/C12H10F3N3O2/c1-20-11(19)9-10(16)18(6-17-9)8-4-2-3-7(5-8)12(13,14)15/h2-6H,16H2,1H3. The number of ether oxygens (including phenoxy) is 1. The average molecular weight is 285 g/mol. The summed E-state index contributed by atoms with van der Waals surface area (Å²) in [6.07, 6.45) is -3.30. The molecule has 1 aromatic carbocycles. The van der Waals surface area contributed by atoms with Crippen molar-refractivity contribution in [3.8, 4) is 5.69 Å². The minimum Gasteiger partial charge on any atom is -0.464 e. The van der Waals surface area contributed by atoms with Crippen molar-refractivity contribution >= 4 is 11.8 Å². The van der Waals surface area contributed by atoms with Crippen molar-refractivity contribution in [1.29, 1.82) is 0 Å². The van der Waals surface area contributed by atoms with E-state index in [4.69, 9.17) is 5.73 Å². The molecule has 1 aromatic heterocycles. The summed E-state index contributed by atoms with van der Waals surface area (Å²) in [5.74, 6) is -0.843. The second-order valence-corrected chi connectivity index (χ2v) is 3.89. The predicted octanol–water partition coefficient (Wildman–Crippen LogP) is 2.26. The molecule has 0 bridgehead atoms. The number of aromatic nitrogens is 2. The van der Waals surface area contributed by atoms with Gasteiger partial charge in [-0.25, -0.2) is 9.78 Å². The molecule has 0 aliphatic rings. The lowest BCUT2D eigenvalue weighted by molar-refractivity contribution is -0.137. The van der Waals surface area contributed by atoms with Crippen molar-refractivity contribution in [1.82, 2.24) is 9.55 Å². The van der Waals surface area contributed by atoms with Gasteiger partial charge in [-0.15, -0.1) is 0 Å². The first-order valence-corrected chi connectivity index (χ1v) is 5.43. The highest BCUT2D eigenvalue weighted by Crippen LogP contribution is 2.31. The largest absolute Gasteiger partial charge is 0.464 e. The quantitative estimate of drug-likeness (QED) is 0.859. The molecule has 0 fully saturated rings. The van der Waals surface area contributed by atoms with Crippen molar-refractivity contribution in [3.63, 3.8) is 0 Å². The van der Waals surface area contributed by atoms with Gasteiger partial charge in [-0.2, -0.15) is 13.2 Å². The van der Waals surface area contributed by atoms with Crippen LogP contribution in [0.5, 0.6) is 0 Å². The second kappa shape index (κ2) is 4.87. The lowest BCUT2D eigenvalue weighted by Crippen LogP contribution is -2.09. The Kier molecular flexibility index (Phi) is 3.39. The van der Waals surface area contributed by atoms with Crippen LogP contribution in [0, 0.1) is 0 Å². The van der Waals surface area contributed by atoms with Crippen LogP contribution in [-0.2, 0) is 10.9 Å². The molecule has 0 saturated carbocycles. The highest BCUT2D eigenvalue weighted by Gasteiger charge is 2.30. The summed E-state index contributed by atoms with van der Waals surface area (Å²) < 4.78 is 43.6. The number of nitrogens with two attached hydrogens (primary N) is 1. The van der Waals surface area contributed by atoms with Gasteiger partial charge < -0.3 is 10.5 Å². The molecule has 2 rings (SSSR count). The summed E-state index contributed by atoms with van der Waals surface area (Å²) in [5, 5.41) is 0. The Labute approximate surface area is 111 Å². The van der Waals surface area contributed by atoms with Crippen molar-refractivity contribution in [3.05, 3.63) is 41.9 Å². The number of nitrogen functional groups attached to an aromatic ring is 1. The third-order valence-electron chi connectivity index (χ3n) is 2.63. The summed E-state index contributed by atoms with van der Waals surface area (Å²) in [5.41, 5.74) is 4.88. The average Bonchev–Trinajstić information content (AvgIpc) is 2.79. The Morgan fingerprint density at radius 3 is 2.70 bits per heavy atom. The van der Waals surface area contributed by atoms with Gasteiger partial charge in [0.25, 0.3) is 0 Å². The van der Waals surface area contributed by atoms with Crippen molar-refractivity contribution in [2.75, 3.05) is 12.8 Å². The lowest BCUT2D eigenvalue weighted by atomic mass is 10.2. The second-order valence-electron chi connectivity index (χ2n) is 3.89. The van der Waals surface area contributed by atoms with Gasteiger partial charge in [0.2, 0.25) is 0 Å². The van der Waals surface area contributed by atoms with Crippen LogP contribution in [0.25, 0.3) is 5.69 Å². The zero-order valence-electron chi connectivity index (χ0n) is 10.3. The first kappa shape index (κ1) is 13.9. The highest BCUT2D eigenvalue weighted by molar-refractivity contribution is 5.92. The summed E-state index contributed by atoms with van der Waals surface area (Å²) in [6.45, 7) is 0. The molecular formula is C12H10F3N3O2. The molecule has 5 nitrogen and oxygen atoms in total. The molecule has 0 unspecified atom stereocenters. The molecule has 8 heteroatoms. The van der Waals surface area contributed by atoms with E-state index >= 15 is 0 Å². The van der Waals surface area contributed by atoms with Crippen LogP contribution in [0.2, 0.25) is 0 Å². The van der Waals surface area contributed by atoms with Crippen LogP contribution in [0.1, 0.15) is 16.1 Å². The topological polar surface area (TPSA) is 70.1 Å². The van der Waals surface area contributed by atoms with Crippen LogP contribution in [0.4, 0.5) is 19.0 Å². The highest BCUT2D eigenvalue weighted by atomic mass is 19.4. The van der Waals surface area contributed by atoms with Gasteiger partial charge in [0.1, 0.15) is 12.1 Å². The zero-order chi connectivity index (χ0) is 14.9. The summed E-state index contributed by atoms with van der Waals surface area (Å²) in [7, 11) is 1.16.